The highest BCUT2D eigenvalue weighted by Gasteiger charge is 2.37. The maximum absolute atomic E-state index is 5.74. The summed E-state index contributed by atoms with van der Waals surface area (Å²) in [4.78, 5) is 2.46. The second kappa shape index (κ2) is 3.99. The van der Waals surface area contributed by atoms with Crippen LogP contribution in [0.15, 0.2) is 22.8 Å². The molecule has 3 heteroatoms. The molecular weight excluding hydrogens is 188 g/mol. The van der Waals surface area contributed by atoms with Crippen LogP contribution in [0.1, 0.15) is 26.0 Å². The zero-order valence-electron chi connectivity index (χ0n) is 9.57. The van der Waals surface area contributed by atoms with Crippen molar-refractivity contribution in [3.63, 3.8) is 0 Å². The molecule has 1 saturated heterocycles. The van der Waals surface area contributed by atoms with Crippen molar-refractivity contribution in [2.75, 3.05) is 13.1 Å². The van der Waals surface area contributed by atoms with Gasteiger partial charge in [-0.25, -0.2) is 0 Å². The van der Waals surface area contributed by atoms with E-state index in [-0.39, 0.29) is 5.54 Å². The molecule has 0 radical (unpaired) electrons. The van der Waals surface area contributed by atoms with E-state index in [1.54, 1.807) is 6.26 Å². The first kappa shape index (κ1) is 10.7. The topological polar surface area (TPSA) is 42.4 Å². The molecule has 0 aromatic carbocycles. The molecule has 2 N–H and O–H groups in total. The first-order valence-corrected chi connectivity index (χ1v) is 5.59. The zero-order valence-corrected chi connectivity index (χ0v) is 9.57. The first-order chi connectivity index (χ1) is 7.12. The lowest BCUT2D eigenvalue weighted by Gasteiger charge is -2.30. The Hall–Kier alpha value is -0.800. The molecule has 2 heterocycles. The van der Waals surface area contributed by atoms with E-state index in [0.717, 1.165) is 25.4 Å². The molecule has 1 aromatic heterocycles. The second-order valence-corrected chi connectivity index (χ2v) is 5.08. The van der Waals surface area contributed by atoms with Crippen molar-refractivity contribution in [1.82, 2.24) is 4.90 Å². The zero-order chi connectivity index (χ0) is 10.9. The number of nitrogens with zero attached hydrogens (tertiary/aromatic N) is 1. The smallest absolute Gasteiger partial charge is 0.117 e. The number of furan rings is 1. The monoisotopic (exact) mass is 208 g/mol. The lowest BCUT2D eigenvalue weighted by Crippen LogP contribution is -2.37. The average molecular weight is 208 g/mol. The molecule has 1 aliphatic heterocycles. The van der Waals surface area contributed by atoms with Crippen LogP contribution in [0.4, 0.5) is 0 Å². The van der Waals surface area contributed by atoms with Crippen LogP contribution in [0.3, 0.4) is 0 Å². The van der Waals surface area contributed by atoms with Crippen molar-refractivity contribution >= 4 is 0 Å². The molecule has 2 rings (SSSR count). The first-order valence-electron chi connectivity index (χ1n) is 5.59. The van der Waals surface area contributed by atoms with Gasteiger partial charge in [0, 0.05) is 12.1 Å². The summed E-state index contributed by atoms with van der Waals surface area (Å²) >= 11 is 0. The van der Waals surface area contributed by atoms with Crippen molar-refractivity contribution in [2.45, 2.75) is 32.4 Å². The molecule has 0 bridgehead atoms. The molecule has 1 aliphatic rings. The van der Waals surface area contributed by atoms with Gasteiger partial charge in [0.2, 0.25) is 0 Å². The quantitative estimate of drug-likeness (QED) is 0.824. The Morgan fingerprint density at radius 3 is 2.93 bits per heavy atom. The van der Waals surface area contributed by atoms with Gasteiger partial charge in [-0.05, 0) is 44.9 Å². The Labute approximate surface area is 91.2 Å². The molecule has 1 aromatic rings. The van der Waals surface area contributed by atoms with E-state index in [1.807, 2.05) is 12.1 Å². The Morgan fingerprint density at radius 1 is 1.60 bits per heavy atom. The van der Waals surface area contributed by atoms with Crippen LogP contribution in [-0.4, -0.2) is 23.5 Å². The molecule has 0 aliphatic carbocycles. The molecule has 15 heavy (non-hydrogen) atoms. The van der Waals surface area contributed by atoms with Gasteiger partial charge in [-0.2, -0.15) is 0 Å². The van der Waals surface area contributed by atoms with E-state index in [9.17, 15) is 0 Å². The maximum Gasteiger partial charge on any atom is 0.117 e. The van der Waals surface area contributed by atoms with Crippen LogP contribution in [-0.2, 0) is 6.54 Å². The van der Waals surface area contributed by atoms with Crippen LogP contribution >= 0.6 is 0 Å². The fraction of sp³-hybridized carbons (Fsp3) is 0.667. The molecule has 84 valence electrons. The number of likely N-dealkylation sites (tertiary alicyclic amines) is 1. The van der Waals surface area contributed by atoms with Crippen LogP contribution in [0.2, 0.25) is 0 Å². The van der Waals surface area contributed by atoms with E-state index in [4.69, 9.17) is 10.2 Å². The SMILES string of the molecule is CC1(C)CC(CN)CN1Cc1ccco1. The Balaban J connectivity index is 2.03. The normalized spacial score (nSPS) is 25.9. The highest BCUT2D eigenvalue weighted by molar-refractivity contribution is 5.02. The van der Waals surface area contributed by atoms with Gasteiger partial charge in [-0.15, -0.1) is 0 Å². The molecule has 1 unspecified atom stereocenters. The predicted molar refractivity (Wildman–Crippen MR) is 60.4 cm³/mol. The summed E-state index contributed by atoms with van der Waals surface area (Å²) in [5.74, 6) is 1.68. The van der Waals surface area contributed by atoms with Gasteiger partial charge in [-0.1, -0.05) is 0 Å². The van der Waals surface area contributed by atoms with Crippen LogP contribution in [0.25, 0.3) is 0 Å². The summed E-state index contributed by atoms with van der Waals surface area (Å²) in [5, 5.41) is 0. The summed E-state index contributed by atoms with van der Waals surface area (Å²) in [5.41, 5.74) is 5.99. The molecular formula is C12H20N2O. The Kier molecular flexibility index (Phi) is 2.85. The molecule has 1 fully saturated rings. The van der Waals surface area contributed by atoms with E-state index < -0.39 is 0 Å². The minimum Gasteiger partial charge on any atom is -0.468 e. The van der Waals surface area contributed by atoms with Gasteiger partial charge in [0.1, 0.15) is 5.76 Å². The summed E-state index contributed by atoms with van der Waals surface area (Å²) in [7, 11) is 0. The van der Waals surface area contributed by atoms with E-state index in [1.165, 1.54) is 6.42 Å². The van der Waals surface area contributed by atoms with Crippen molar-refractivity contribution < 1.29 is 4.42 Å². The van der Waals surface area contributed by atoms with Crippen LogP contribution in [0, 0.1) is 5.92 Å². The third-order valence-corrected chi connectivity index (χ3v) is 3.38. The molecule has 0 amide bonds. The third-order valence-electron chi connectivity index (χ3n) is 3.38. The van der Waals surface area contributed by atoms with Gasteiger partial charge in [-0.3, -0.25) is 4.90 Å². The van der Waals surface area contributed by atoms with Crippen molar-refractivity contribution in [2.24, 2.45) is 11.7 Å². The highest BCUT2D eigenvalue weighted by Crippen LogP contribution is 2.33. The fourth-order valence-electron chi connectivity index (χ4n) is 2.49. The van der Waals surface area contributed by atoms with Gasteiger partial charge >= 0.3 is 0 Å². The second-order valence-electron chi connectivity index (χ2n) is 5.08. The van der Waals surface area contributed by atoms with Crippen molar-refractivity contribution in [3.8, 4) is 0 Å². The van der Waals surface area contributed by atoms with E-state index >= 15 is 0 Å². The van der Waals surface area contributed by atoms with Gasteiger partial charge in [0.15, 0.2) is 0 Å². The lowest BCUT2D eigenvalue weighted by atomic mass is 9.96. The number of hydrogen-bond acceptors (Lipinski definition) is 3. The third kappa shape index (κ3) is 2.24. The minimum atomic E-state index is 0.247. The fourth-order valence-corrected chi connectivity index (χ4v) is 2.49. The molecule has 0 saturated carbocycles. The molecule has 3 nitrogen and oxygen atoms in total. The molecule has 1 atom stereocenters. The highest BCUT2D eigenvalue weighted by atomic mass is 16.3. The standard InChI is InChI=1S/C12H20N2O/c1-12(2)6-10(7-13)8-14(12)9-11-4-3-5-15-11/h3-5,10H,6-9,13H2,1-2H3. The molecule has 0 spiro atoms. The van der Waals surface area contributed by atoms with Crippen LogP contribution in [0.5, 0.6) is 0 Å². The predicted octanol–water partition coefficient (Wildman–Crippen LogP) is 1.84. The minimum absolute atomic E-state index is 0.247. The number of rotatable bonds is 3. The van der Waals surface area contributed by atoms with Gasteiger partial charge in [0.25, 0.3) is 0 Å². The summed E-state index contributed by atoms with van der Waals surface area (Å²) in [6.07, 6.45) is 2.92. The van der Waals surface area contributed by atoms with Gasteiger partial charge < -0.3 is 10.2 Å². The van der Waals surface area contributed by atoms with Crippen molar-refractivity contribution in [3.05, 3.63) is 24.2 Å². The van der Waals surface area contributed by atoms with E-state index in [0.29, 0.717) is 5.92 Å². The summed E-state index contributed by atoms with van der Waals surface area (Å²) < 4.78 is 5.38. The van der Waals surface area contributed by atoms with Crippen molar-refractivity contribution in [1.29, 1.82) is 0 Å². The summed E-state index contributed by atoms with van der Waals surface area (Å²) in [6.45, 7) is 7.34. The maximum atomic E-state index is 5.74. The Bertz CT molecular complexity index is 305. The van der Waals surface area contributed by atoms with E-state index in [2.05, 4.69) is 18.7 Å². The largest absolute Gasteiger partial charge is 0.468 e. The average Bonchev–Trinajstić information content (AvgIpc) is 2.76. The summed E-state index contributed by atoms with van der Waals surface area (Å²) in [6, 6.07) is 3.98. The number of nitrogens with two attached hydrogens (primary N) is 1. The Morgan fingerprint density at radius 2 is 2.40 bits per heavy atom. The van der Waals surface area contributed by atoms with Crippen LogP contribution < -0.4 is 5.73 Å². The van der Waals surface area contributed by atoms with Gasteiger partial charge in [0.05, 0.1) is 12.8 Å². The number of hydrogen-bond donors (Lipinski definition) is 1. The lowest BCUT2D eigenvalue weighted by molar-refractivity contribution is 0.154.